The fraction of sp³-hybridized carbons (Fsp3) is 0.214. The molecule has 0 fully saturated rings. The second-order valence-corrected chi connectivity index (χ2v) is 4.76. The van der Waals surface area contributed by atoms with E-state index in [1.807, 2.05) is 6.07 Å². The second kappa shape index (κ2) is 6.37. The van der Waals surface area contributed by atoms with Gasteiger partial charge in [0.25, 0.3) is 11.8 Å². The SMILES string of the molecule is CC(C)Oc1ncnc(Oc2ccc(Cl)cc2C#N)c1F. The number of aromatic nitrogens is 2. The molecule has 0 amide bonds. The van der Waals surface area contributed by atoms with E-state index < -0.39 is 5.82 Å². The molecule has 1 heterocycles. The zero-order valence-electron chi connectivity index (χ0n) is 11.3. The van der Waals surface area contributed by atoms with Gasteiger partial charge in [-0.25, -0.2) is 0 Å². The molecule has 0 atom stereocenters. The van der Waals surface area contributed by atoms with Gasteiger partial charge in [0.15, 0.2) is 0 Å². The van der Waals surface area contributed by atoms with Crippen LogP contribution in [0.4, 0.5) is 4.39 Å². The highest BCUT2D eigenvalue weighted by atomic mass is 35.5. The number of hydrogen-bond donors (Lipinski definition) is 0. The molecule has 2 rings (SSSR count). The summed E-state index contributed by atoms with van der Waals surface area (Å²) in [5.74, 6) is -1.21. The van der Waals surface area contributed by atoms with Gasteiger partial charge in [-0.05, 0) is 32.0 Å². The number of halogens is 2. The number of benzene rings is 1. The van der Waals surface area contributed by atoms with E-state index in [1.165, 1.54) is 18.2 Å². The van der Waals surface area contributed by atoms with Crippen molar-refractivity contribution in [3.05, 3.63) is 40.9 Å². The zero-order chi connectivity index (χ0) is 15.4. The van der Waals surface area contributed by atoms with Crippen LogP contribution in [0.2, 0.25) is 5.02 Å². The van der Waals surface area contributed by atoms with E-state index in [9.17, 15) is 4.39 Å². The summed E-state index contributed by atoms with van der Waals surface area (Å²) in [6.45, 7) is 3.49. The third-order valence-electron chi connectivity index (χ3n) is 2.34. The largest absolute Gasteiger partial charge is 0.473 e. The molecular formula is C14H11ClFN3O2. The molecule has 2 aromatic rings. The standard InChI is InChI=1S/C14H11ClFN3O2/c1-8(2)20-13-12(16)14(19-7-18-13)21-11-4-3-10(15)5-9(11)6-17/h3-5,7-8H,1-2H3. The minimum atomic E-state index is -0.829. The van der Waals surface area contributed by atoms with Crippen molar-refractivity contribution in [2.75, 3.05) is 0 Å². The highest BCUT2D eigenvalue weighted by molar-refractivity contribution is 6.30. The van der Waals surface area contributed by atoms with E-state index in [2.05, 4.69) is 9.97 Å². The van der Waals surface area contributed by atoms with Gasteiger partial charge in [-0.1, -0.05) is 11.6 Å². The van der Waals surface area contributed by atoms with Gasteiger partial charge in [-0.3, -0.25) is 0 Å². The predicted molar refractivity (Wildman–Crippen MR) is 74.0 cm³/mol. The first-order chi connectivity index (χ1) is 10.0. The molecule has 7 heteroatoms. The summed E-state index contributed by atoms with van der Waals surface area (Å²) in [6, 6.07) is 6.33. The Kier molecular flexibility index (Phi) is 4.55. The lowest BCUT2D eigenvalue weighted by atomic mass is 10.2. The van der Waals surface area contributed by atoms with Crippen molar-refractivity contribution in [3.63, 3.8) is 0 Å². The molecular weight excluding hydrogens is 297 g/mol. The molecule has 5 nitrogen and oxygen atoms in total. The molecule has 0 N–H and O–H groups in total. The first kappa shape index (κ1) is 15.0. The van der Waals surface area contributed by atoms with Crippen LogP contribution in [-0.2, 0) is 0 Å². The van der Waals surface area contributed by atoms with Crippen LogP contribution in [0, 0.1) is 17.1 Å². The van der Waals surface area contributed by atoms with Crippen LogP contribution < -0.4 is 9.47 Å². The van der Waals surface area contributed by atoms with Crippen LogP contribution in [0.15, 0.2) is 24.5 Å². The smallest absolute Gasteiger partial charge is 0.263 e. The summed E-state index contributed by atoms with van der Waals surface area (Å²) in [7, 11) is 0. The molecule has 0 aliphatic rings. The molecule has 0 saturated heterocycles. The van der Waals surface area contributed by atoms with Crippen molar-refractivity contribution in [1.82, 2.24) is 9.97 Å². The van der Waals surface area contributed by atoms with E-state index in [0.29, 0.717) is 5.02 Å². The van der Waals surface area contributed by atoms with Gasteiger partial charge < -0.3 is 9.47 Å². The molecule has 1 aromatic carbocycles. The third-order valence-corrected chi connectivity index (χ3v) is 2.58. The molecule has 0 bridgehead atoms. The van der Waals surface area contributed by atoms with Crippen LogP contribution in [0.1, 0.15) is 19.4 Å². The van der Waals surface area contributed by atoms with Crippen molar-refractivity contribution < 1.29 is 13.9 Å². The number of nitriles is 1. The van der Waals surface area contributed by atoms with Gasteiger partial charge in [-0.2, -0.15) is 19.6 Å². The topological polar surface area (TPSA) is 68.0 Å². The average molecular weight is 308 g/mol. The van der Waals surface area contributed by atoms with Gasteiger partial charge in [0, 0.05) is 5.02 Å². The van der Waals surface area contributed by atoms with Gasteiger partial charge in [-0.15, -0.1) is 0 Å². The van der Waals surface area contributed by atoms with Crippen molar-refractivity contribution in [2.45, 2.75) is 20.0 Å². The Morgan fingerprint density at radius 2 is 2.00 bits per heavy atom. The van der Waals surface area contributed by atoms with Gasteiger partial charge in [0.1, 0.15) is 18.1 Å². The Balaban J connectivity index is 2.34. The van der Waals surface area contributed by atoms with Crippen LogP contribution >= 0.6 is 11.6 Å². The molecule has 1 aromatic heterocycles. The fourth-order valence-corrected chi connectivity index (χ4v) is 1.67. The van der Waals surface area contributed by atoms with Crippen molar-refractivity contribution in [2.24, 2.45) is 0 Å². The number of hydrogen-bond acceptors (Lipinski definition) is 5. The monoisotopic (exact) mass is 307 g/mol. The normalized spacial score (nSPS) is 10.3. The summed E-state index contributed by atoms with van der Waals surface area (Å²) in [6.07, 6.45) is 0.880. The molecule has 108 valence electrons. The van der Waals surface area contributed by atoms with Gasteiger partial charge in [0.05, 0.1) is 11.7 Å². The molecule has 0 radical (unpaired) electrons. The number of rotatable bonds is 4. The molecule has 0 unspecified atom stereocenters. The highest BCUT2D eigenvalue weighted by Gasteiger charge is 2.17. The van der Waals surface area contributed by atoms with E-state index in [1.54, 1.807) is 13.8 Å². The van der Waals surface area contributed by atoms with Crippen molar-refractivity contribution in [1.29, 1.82) is 5.26 Å². The maximum atomic E-state index is 14.1. The van der Waals surface area contributed by atoms with E-state index in [-0.39, 0.29) is 29.2 Å². The summed E-state index contributed by atoms with van der Waals surface area (Å²) < 4.78 is 24.7. The van der Waals surface area contributed by atoms with Crippen LogP contribution in [0.3, 0.4) is 0 Å². The first-order valence-corrected chi connectivity index (χ1v) is 6.43. The Morgan fingerprint density at radius 3 is 2.67 bits per heavy atom. The first-order valence-electron chi connectivity index (χ1n) is 6.06. The number of nitrogens with zero attached hydrogens (tertiary/aromatic N) is 3. The summed E-state index contributed by atoms with van der Waals surface area (Å²) in [5, 5.41) is 9.40. The summed E-state index contributed by atoms with van der Waals surface area (Å²) in [4.78, 5) is 7.41. The summed E-state index contributed by atoms with van der Waals surface area (Å²) >= 11 is 5.79. The molecule has 0 aliphatic carbocycles. The van der Waals surface area contributed by atoms with Crippen molar-refractivity contribution >= 4 is 11.6 Å². The summed E-state index contributed by atoms with van der Waals surface area (Å²) in [5.41, 5.74) is 0.173. The Morgan fingerprint density at radius 1 is 1.29 bits per heavy atom. The maximum absolute atomic E-state index is 14.1. The van der Waals surface area contributed by atoms with Gasteiger partial charge >= 0.3 is 0 Å². The van der Waals surface area contributed by atoms with Crippen molar-refractivity contribution in [3.8, 4) is 23.6 Å². The molecule has 0 spiro atoms. The quantitative estimate of drug-likeness (QED) is 0.861. The Labute approximate surface area is 125 Å². The van der Waals surface area contributed by atoms with Crippen LogP contribution in [0.5, 0.6) is 17.5 Å². The Hall–Kier alpha value is -2.39. The van der Waals surface area contributed by atoms with E-state index in [4.69, 9.17) is 26.3 Å². The number of ether oxygens (including phenoxy) is 2. The zero-order valence-corrected chi connectivity index (χ0v) is 12.1. The molecule has 0 saturated carbocycles. The Bertz CT molecular complexity index is 701. The average Bonchev–Trinajstić information content (AvgIpc) is 2.44. The third kappa shape index (κ3) is 3.58. The van der Waals surface area contributed by atoms with E-state index >= 15 is 0 Å². The maximum Gasteiger partial charge on any atom is 0.263 e. The lowest BCUT2D eigenvalue weighted by Crippen LogP contribution is -2.09. The minimum absolute atomic E-state index is 0.148. The molecule has 0 aliphatic heterocycles. The minimum Gasteiger partial charge on any atom is -0.473 e. The van der Waals surface area contributed by atoms with Gasteiger partial charge in [0.2, 0.25) is 5.82 Å². The predicted octanol–water partition coefficient (Wildman–Crippen LogP) is 3.72. The van der Waals surface area contributed by atoms with E-state index in [0.717, 1.165) is 6.33 Å². The lowest BCUT2D eigenvalue weighted by Gasteiger charge is -2.11. The highest BCUT2D eigenvalue weighted by Crippen LogP contribution is 2.30. The van der Waals surface area contributed by atoms with Crippen LogP contribution in [-0.4, -0.2) is 16.1 Å². The van der Waals surface area contributed by atoms with Crippen LogP contribution in [0.25, 0.3) is 0 Å². The fourth-order valence-electron chi connectivity index (χ4n) is 1.50. The molecule has 21 heavy (non-hydrogen) atoms. The lowest BCUT2D eigenvalue weighted by molar-refractivity contribution is 0.216. The second-order valence-electron chi connectivity index (χ2n) is 4.32.